The van der Waals surface area contributed by atoms with Gasteiger partial charge in [-0.3, -0.25) is 0 Å². The normalized spacial score (nSPS) is 33.7. The molecule has 0 unspecified atom stereocenters. The molecule has 1 saturated carbocycles. The maximum absolute atomic E-state index is 5.69. The zero-order chi connectivity index (χ0) is 11.5. The lowest BCUT2D eigenvalue weighted by atomic mass is 9.63. The Balaban J connectivity index is 2.57. The van der Waals surface area contributed by atoms with Crippen molar-refractivity contribution in [1.82, 2.24) is 0 Å². The van der Waals surface area contributed by atoms with Gasteiger partial charge in [-0.15, -0.1) is 0 Å². The Kier molecular flexibility index (Phi) is 4.39. The minimum atomic E-state index is 0.460. The van der Waals surface area contributed by atoms with E-state index in [2.05, 4.69) is 27.4 Å². The maximum Gasteiger partial charge on any atom is 0.0137 e. The molecule has 0 aromatic rings. The Morgan fingerprint density at radius 2 is 2.00 bits per heavy atom. The summed E-state index contributed by atoms with van der Waals surface area (Å²) in [4.78, 5) is 0. The van der Waals surface area contributed by atoms with E-state index in [1.807, 2.05) is 0 Å². The van der Waals surface area contributed by atoms with Gasteiger partial charge in [-0.1, -0.05) is 39.3 Å². The molecule has 2 N–H and O–H groups in total. The summed E-state index contributed by atoms with van der Waals surface area (Å²) in [6.45, 7) is 11.8. The number of rotatable bonds is 4. The molecular weight excluding hydrogens is 182 g/mol. The first-order valence-corrected chi connectivity index (χ1v) is 6.41. The lowest BCUT2D eigenvalue weighted by Crippen LogP contribution is -2.33. The molecule has 1 heteroatoms. The largest absolute Gasteiger partial charge is 0.327 e. The van der Waals surface area contributed by atoms with Crippen LogP contribution in [-0.2, 0) is 0 Å². The third-order valence-electron chi connectivity index (χ3n) is 4.74. The lowest BCUT2D eigenvalue weighted by molar-refractivity contribution is 0.118. The Bertz CT molecular complexity index is 211. The topological polar surface area (TPSA) is 26.0 Å². The van der Waals surface area contributed by atoms with E-state index in [9.17, 15) is 0 Å². The molecule has 1 fully saturated rings. The smallest absolute Gasteiger partial charge is 0.0137 e. The van der Waals surface area contributed by atoms with Crippen molar-refractivity contribution in [2.45, 2.75) is 52.9 Å². The molecule has 1 aliphatic carbocycles. The highest BCUT2D eigenvalue weighted by Crippen LogP contribution is 2.46. The van der Waals surface area contributed by atoms with Gasteiger partial charge in [0.1, 0.15) is 0 Å². The minimum absolute atomic E-state index is 0.460. The summed E-state index contributed by atoms with van der Waals surface area (Å²) in [5, 5.41) is 0. The van der Waals surface area contributed by atoms with Crippen molar-refractivity contribution in [2.75, 3.05) is 6.54 Å². The van der Waals surface area contributed by atoms with Gasteiger partial charge >= 0.3 is 0 Å². The Hall–Kier alpha value is -0.300. The van der Waals surface area contributed by atoms with Gasteiger partial charge in [-0.2, -0.15) is 0 Å². The fourth-order valence-corrected chi connectivity index (χ4v) is 2.85. The van der Waals surface area contributed by atoms with Crippen LogP contribution in [0.1, 0.15) is 52.9 Å². The molecule has 1 atom stereocenters. The Morgan fingerprint density at radius 3 is 2.40 bits per heavy atom. The van der Waals surface area contributed by atoms with E-state index in [1.54, 1.807) is 0 Å². The standard InChI is InChI=1S/C14H27N/c1-5-13-6-8-14(4,9-7-13)12(3)11(2)10-15/h12-13H,2,5-10,15H2,1,3-4H3/t12-,13?,14?/m0/s1. The molecule has 1 rings (SSSR count). The molecule has 15 heavy (non-hydrogen) atoms. The van der Waals surface area contributed by atoms with Crippen LogP contribution in [0.5, 0.6) is 0 Å². The van der Waals surface area contributed by atoms with Gasteiger partial charge in [0.15, 0.2) is 0 Å². The van der Waals surface area contributed by atoms with Gasteiger partial charge < -0.3 is 5.73 Å². The monoisotopic (exact) mass is 209 g/mol. The first-order chi connectivity index (χ1) is 7.03. The molecule has 88 valence electrons. The molecule has 0 aromatic carbocycles. The highest BCUT2D eigenvalue weighted by molar-refractivity contribution is 5.07. The fraction of sp³-hybridized carbons (Fsp3) is 0.857. The van der Waals surface area contributed by atoms with Crippen LogP contribution in [0.4, 0.5) is 0 Å². The van der Waals surface area contributed by atoms with E-state index < -0.39 is 0 Å². The summed E-state index contributed by atoms with van der Waals surface area (Å²) in [5.74, 6) is 1.55. The zero-order valence-corrected chi connectivity index (χ0v) is 10.7. The lowest BCUT2D eigenvalue weighted by Gasteiger charge is -2.42. The summed E-state index contributed by atoms with van der Waals surface area (Å²) in [6, 6.07) is 0. The number of hydrogen-bond acceptors (Lipinski definition) is 1. The van der Waals surface area contributed by atoms with E-state index in [-0.39, 0.29) is 0 Å². The highest BCUT2D eigenvalue weighted by Gasteiger charge is 2.35. The molecular formula is C14H27N. The molecule has 0 aliphatic heterocycles. The summed E-state index contributed by atoms with van der Waals surface area (Å²) in [6.07, 6.45) is 6.85. The molecule has 0 bridgehead atoms. The zero-order valence-electron chi connectivity index (χ0n) is 10.7. The molecule has 1 nitrogen and oxygen atoms in total. The van der Waals surface area contributed by atoms with Gasteiger partial charge in [-0.05, 0) is 42.9 Å². The van der Waals surface area contributed by atoms with Crippen LogP contribution in [0.25, 0.3) is 0 Å². The molecule has 0 radical (unpaired) electrons. The van der Waals surface area contributed by atoms with Crippen LogP contribution in [-0.4, -0.2) is 6.54 Å². The van der Waals surface area contributed by atoms with Crippen molar-refractivity contribution in [3.8, 4) is 0 Å². The minimum Gasteiger partial charge on any atom is -0.327 e. The van der Waals surface area contributed by atoms with E-state index in [4.69, 9.17) is 5.73 Å². The fourth-order valence-electron chi connectivity index (χ4n) is 2.85. The highest BCUT2D eigenvalue weighted by atomic mass is 14.5. The number of nitrogens with two attached hydrogens (primary N) is 1. The quantitative estimate of drug-likeness (QED) is 0.701. The van der Waals surface area contributed by atoms with E-state index in [1.165, 1.54) is 37.7 Å². The average molecular weight is 209 g/mol. The predicted molar refractivity (Wildman–Crippen MR) is 67.7 cm³/mol. The molecule has 0 amide bonds. The van der Waals surface area contributed by atoms with Crippen molar-refractivity contribution < 1.29 is 0 Å². The van der Waals surface area contributed by atoms with E-state index in [0.717, 1.165) is 5.92 Å². The average Bonchev–Trinajstić information content (AvgIpc) is 2.28. The van der Waals surface area contributed by atoms with E-state index in [0.29, 0.717) is 17.9 Å². The van der Waals surface area contributed by atoms with Crippen LogP contribution >= 0.6 is 0 Å². The van der Waals surface area contributed by atoms with Crippen molar-refractivity contribution in [3.63, 3.8) is 0 Å². The first-order valence-electron chi connectivity index (χ1n) is 6.41. The molecule has 0 heterocycles. The van der Waals surface area contributed by atoms with Crippen LogP contribution in [0, 0.1) is 17.3 Å². The maximum atomic E-state index is 5.69. The van der Waals surface area contributed by atoms with Crippen LogP contribution < -0.4 is 5.73 Å². The molecule has 0 aromatic heterocycles. The van der Waals surface area contributed by atoms with Gasteiger partial charge in [0, 0.05) is 6.54 Å². The molecule has 0 spiro atoms. The predicted octanol–water partition coefficient (Wildman–Crippen LogP) is 3.74. The Labute approximate surface area is 95.1 Å². The van der Waals surface area contributed by atoms with Crippen molar-refractivity contribution in [1.29, 1.82) is 0 Å². The summed E-state index contributed by atoms with van der Waals surface area (Å²) in [7, 11) is 0. The second kappa shape index (κ2) is 5.16. The summed E-state index contributed by atoms with van der Waals surface area (Å²) >= 11 is 0. The molecule has 1 aliphatic rings. The van der Waals surface area contributed by atoms with Crippen molar-refractivity contribution in [3.05, 3.63) is 12.2 Å². The van der Waals surface area contributed by atoms with Crippen LogP contribution in [0.3, 0.4) is 0 Å². The third kappa shape index (κ3) is 2.84. The third-order valence-corrected chi connectivity index (χ3v) is 4.74. The van der Waals surface area contributed by atoms with Crippen molar-refractivity contribution >= 4 is 0 Å². The Morgan fingerprint density at radius 1 is 1.47 bits per heavy atom. The first kappa shape index (κ1) is 12.8. The SMILES string of the molecule is C=C(CN)[C@H](C)C1(C)CCC(CC)CC1. The van der Waals surface area contributed by atoms with Gasteiger partial charge in [-0.25, -0.2) is 0 Å². The van der Waals surface area contributed by atoms with Gasteiger partial charge in [0.25, 0.3) is 0 Å². The second-order valence-corrected chi connectivity index (χ2v) is 5.59. The summed E-state index contributed by atoms with van der Waals surface area (Å²) in [5.41, 5.74) is 7.38. The van der Waals surface area contributed by atoms with Crippen LogP contribution in [0.2, 0.25) is 0 Å². The van der Waals surface area contributed by atoms with Crippen LogP contribution in [0.15, 0.2) is 12.2 Å². The van der Waals surface area contributed by atoms with Gasteiger partial charge in [0.2, 0.25) is 0 Å². The van der Waals surface area contributed by atoms with Gasteiger partial charge in [0.05, 0.1) is 0 Å². The molecule has 0 saturated heterocycles. The summed E-state index contributed by atoms with van der Waals surface area (Å²) < 4.78 is 0. The second-order valence-electron chi connectivity index (χ2n) is 5.59. The van der Waals surface area contributed by atoms with Crippen molar-refractivity contribution in [2.24, 2.45) is 23.0 Å². The van der Waals surface area contributed by atoms with E-state index >= 15 is 0 Å². The number of hydrogen-bond donors (Lipinski definition) is 1.